The molecule has 0 spiro atoms. The van der Waals surface area contributed by atoms with E-state index in [4.69, 9.17) is 9.47 Å². The average molecular weight is 309 g/mol. The van der Waals surface area contributed by atoms with Crippen molar-refractivity contribution in [1.29, 1.82) is 0 Å². The number of hydrogen-bond donors (Lipinski definition) is 0. The van der Waals surface area contributed by atoms with E-state index in [0.717, 1.165) is 5.57 Å². The van der Waals surface area contributed by atoms with E-state index in [1.807, 2.05) is 13.8 Å². The molecule has 1 rings (SSSR count). The number of nitrogens with zero attached hydrogens (tertiary/aromatic N) is 1. The quantitative estimate of drug-likeness (QED) is 0.545. The molecular weight excluding hydrogens is 289 g/mol. The lowest BCUT2D eigenvalue weighted by Crippen LogP contribution is -2.36. The standard InChI is InChI=1S/C16H20FNO4/c1-4-18(9-12(2)3)15(19)10-22-16(20)11-21-14-8-6-5-7-13(14)17/h5-8H,2,4,9-11H2,1,3H3. The van der Waals surface area contributed by atoms with Gasteiger partial charge in [-0.3, -0.25) is 4.79 Å². The smallest absolute Gasteiger partial charge is 0.344 e. The summed E-state index contributed by atoms with van der Waals surface area (Å²) in [7, 11) is 0. The van der Waals surface area contributed by atoms with Gasteiger partial charge < -0.3 is 14.4 Å². The molecule has 1 aromatic rings. The van der Waals surface area contributed by atoms with Crippen LogP contribution in [0.3, 0.4) is 0 Å². The Morgan fingerprint density at radius 1 is 1.27 bits per heavy atom. The Kier molecular flexibility index (Phi) is 7.08. The number of para-hydroxylation sites is 1. The maximum Gasteiger partial charge on any atom is 0.344 e. The highest BCUT2D eigenvalue weighted by Crippen LogP contribution is 2.15. The van der Waals surface area contributed by atoms with Crippen LogP contribution in [0, 0.1) is 5.82 Å². The zero-order chi connectivity index (χ0) is 16.5. The van der Waals surface area contributed by atoms with E-state index >= 15 is 0 Å². The summed E-state index contributed by atoms with van der Waals surface area (Å²) in [6.07, 6.45) is 0. The molecule has 0 saturated heterocycles. The Morgan fingerprint density at radius 3 is 2.55 bits per heavy atom. The van der Waals surface area contributed by atoms with E-state index in [-0.39, 0.29) is 18.3 Å². The minimum absolute atomic E-state index is 0.0387. The van der Waals surface area contributed by atoms with E-state index in [0.29, 0.717) is 13.1 Å². The normalized spacial score (nSPS) is 9.95. The number of hydrogen-bond acceptors (Lipinski definition) is 4. The largest absolute Gasteiger partial charge is 0.479 e. The molecule has 0 fully saturated rings. The van der Waals surface area contributed by atoms with Gasteiger partial charge in [0.1, 0.15) is 0 Å². The van der Waals surface area contributed by atoms with Crippen molar-refractivity contribution in [3.05, 3.63) is 42.2 Å². The molecule has 5 nitrogen and oxygen atoms in total. The summed E-state index contributed by atoms with van der Waals surface area (Å²) < 4.78 is 23.1. The lowest BCUT2D eigenvalue weighted by molar-refractivity contribution is -0.153. The zero-order valence-corrected chi connectivity index (χ0v) is 12.8. The van der Waals surface area contributed by atoms with Crippen molar-refractivity contribution in [2.45, 2.75) is 13.8 Å². The van der Waals surface area contributed by atoms with Crippen molar-refractivity contribution >= 4 is 11.9 Å². The van der Waals surface area contributed by atoms with Gasteiger partial charge in [-0.2, -0.15) is 0 Å². The van der Waals surface area contributed by atoms with Gasteiger partial charge in [0.2, 0.25) is 0 Å². The predicted molar refractivity (Wildman–Crippen MR) is 79.9 cm³/mol. The highest BCUT2D eigenvalue weighted by molar-refractivity contribution is 5.81. The van der Waals surface area contributed by atoms with Gasteiger partial charge in [0, 0.05) is 13.1 Å². The highest BCUT2D eigenvalue weighted by atomic mass is 19.1. The van der Waals surface area contributed by atoms with Crippen LogP contribution in [0.5, 0.6) is 5.75 Å². The molecule has 0 aliphatic rings. The van der Waals surface area contributed by atoms with Crippen LogP contribution in [0.1, 0.15) is 13.8 Å². The van der Waals surface area contributed by atoms with Gasteiger partial charge in [0.15, 0.2) is 24.8 Å². The lowest BCUT2D eigenvalue weighted by atomic mass is 10.3. The molecular formula is C16H20FNO4. The predicted octanol–water partition coefficient (Wildman–Crippen LogP) is 2.17. The fourth-order valence-corrected chi connectivity index (χ4v) is 1.68. The molecule has 0 heterocycles. The third-order valence-electron chi connectivity index (χ3n) is 2.73. The fourth-order valence-electron chi connectivity index (χ4n) is 1.68. The summed E-state index contributed by atoms with van der Waals surface area (Å²) >= 11 is 0. The minimum atomic E-state index is -0.733. The second kappa shape index (κ2) is 8.81. The number of esters is 1. The Labute approximate surface area is 129 Å². The third-order valence-corrected chi connectivity index (χ3v) is 2.73. The first-order valence-corrected chi connectivity index (χ1v) is 6.89. The van der Waals surface area contributed by atoms with Crippen molar-refractivity contribution < 1.29 is 23.5 Å². The summed E-state index contributed by atoms with van der Waals surface area (Å²) in [5.74, 6) is -1.65. The number of carbonyl (C=O) groups is 2. The fraction of sp³-hybridized carbons (Fsp3) is 0.375. The molecule has 0 aliphatic heterocycles. The lowest BCUT2D eigenvalue weighted by Gasteiger charge is -2.20. The molecule has 0 aliphatic carbocycles. The molecule has 0 atom stereocenters. The molecule has 6 heteroatoms. The zero-order valence-electron chi connectivity index (χ0n) is 12.8. The number of rotatable bonds is 8. The molecule has 1 aromatic carbocycles. The van der Waals surface area contributed by atoms with Crippen LogP contribution in [-0.2, 0) is 14.3 Å². The van der Waals surface area contributed by atoms with Crippen LogP contribution in [0.2, 0.25) is 0 Å². The molecule has 1 amide bonds. The van der Waals surface area contributed by atoms with Crippen LogP contribution < -0.4 is 4.74 Å². The van der Waals surface area contributed by atoms with E-state index in [1.54, 1.807) is 6.07 Å². The first kappa shape index (κ1) is 17.7. The summed E-state index contributed by atoms with van der Waals surface area (Å²) in [6.45, 7) is 7.45. The first-order valence-electron chi connectivity index (χ1n) is 6.89. The number of halogens is 1. The monoisotopic (exact) mass is 309 g/mol. The number of amides is 1. The van der Waals surface area contributed by atoms with Gasteiger partial charge in [-0.05, 0) is 26.0 Å². The molecule has 22 heavy (non-hydrogen) atoms. The van der Waals surface area contributed by atoms with Crippen LogP contribution in [0.4, 0.5) is 4.39 Å². The van der Waals surface area contributed by atoms with Crippen LogP contribution in [0.25, 0.3) is 0 Å². The van der Waals surface area contributed by atoms with Crippen molar-refractivity contribution in [1.82, 2.24) is 4.90 Å². The maximum atomic E-state index is 13.3. The van der Waals surface area contributed by atoms with E-state index in [1.165, 1.54) is 23.1 Å². The Bertz CT molecular complexity index is 545. The Balaban J connectivity index is 2.38. The highest BCUT2D eigenvalue weighted by Gasteiger charge is 2.15. The molecule has 120 valence electrons. The van der Waals surface area contributed by atoms with Crippen molar-refractivity contribution in [2.24, 2.45) is 0 Å². The maximum absolute atomic E-state index is 13.3. The third kappa shape index (κ3) is 5.95. The van der Waals surface area contributed by atoms with Crippen molar-refractivity contribution in [3.8, 4) is 5.75 Å². The van der Waals surface area contributed by atoms with Gasteiger partial charge in [-0.1, -0.05) is 24.3 Å². The molecule has 0 saturated carbocycles. The Hall–Kier alpha value is -2.37. The first-order chi connectivity index (χ1) is 10.4. The van der Waals surface area contributed by atoms with Gasteiger partial charge in [-0.25, -0.2) is 9.18 Å². The van der Waals surface area contributed by atoms with Gasteiger partial charge >= 0.3 is 5.97 Å². The summed E-state index contributed by atoms with van der Waals surface area (Å²) in [6, 6.07) is 5.73. The molecule has 0 radical (unpaired) electrons. The van der Waals surface area contributed by atoms with E-state index in [2.05, 4.69) is 6.58 Å². The van der Waals surface area contributed by atoms with Crippen LogP contribution in [0.15, 0.2) is 36.4 Å². The Morgan fingerprint density at radius 2 is 1.95 bits per heavy atom. The second-order valence-electron chi connectivity index (χ2n) is 4.74. The van der Waals surface area contributed by atoms with Gasteiger partial charge in [0.05, 0.1) is 0 Å². The number of likely N-dealkylation sites (N-methyl/N-ethyl adjacent to an activating group) is 1. The van der Waals surface area contributed by atoms with E-state index in [9.17, 15) is 14.0 Å². The topological polar surface area (TPSA) is 55.8 Å². The van der Waals surface area contributed by atoms with Gasteiger partial charge in [0.25, 0.3) is 5.91 Å². The van der Waals surface area contributed by atoms with Gasteiger partial charge in [-0.15, -0.1) is 0 Å². The van der Waals surface area contributed by atoms with Crippen LogP contribution in [-0.4, -0.2) is 43.1 Å². The molecule has 0 unspecified atom stereocenters. The van der Waals surface area contributed by atoms with Crippen molar-refractivity contribution in [2.75, 3.05) is 26.3 Å². The summed E-state index contributed by atoms with van der Waals surface area (Å²) in [5.41, 5.74) is 0.837. The number of carbonyl (C=O) groups excluding carboxylic acids is 2. The summed E-state index contributed by atoms with van der Waals surface area (Å²) in [4.78, 5) is 24.9. The molecule has 0 bridgehead atoms. The summed E-state index contributed by atoms with van der Waals surface area (Å²) in [5, 5.41) is 0. The number of ether oxygens (including phenoxy) is 2. The second-order valence-corrected chi connectivity index (χ2v) is 4.74. The average Bonchev–Trinajstić information content (AvgIpc) is 2.49. The SMILES string of the molecule is C=C(C)CN(CC)C(=O)COC(=O)COc1ccccc1F. The number of benzene rings is 1. The molecule has 0 N–H and O–H groups in total. The van der Waals surface area contributed by atoms with Crippen LogP contribution >= 0.6 is 0 Å². The minimum Gasteiger partial charge on any atom is -0.479 e. The van der Waals surface area contributed by atoms with Crippen molar-refractivity contribution in [3.63, 3.8) is 0 Å². The molecule has 0 aromatic heterocycles. The van der Waals surface area contributed by atoms with E-state index < -0.39 is 18.4 Å².